The second-order valence-corrected chi connectivity index (χ2v) is 9.00. The van der Waals surface area contributed by atoms with E-state index in [0.29, 0.717) is 0 Å². The molecule has 196 valence electrons. The Balaban J connectivity index is 1.49. The summed E-state index contributed by atoms with van der Waals surface area (Å²) in [5, 5.41) is 89.9. The van der Waals surface area contributed by atoms with Gasteiger partial charge in [0.05, 0.1) is 37.6 Å². The summed E-state index contributed by atoms with van der Waals surface area (Å²) in [7, 11) is 0. The summed E-state index contributed by atoms with van der Waals surface area (Å²) < 4.78 is 27.9. The molecule has 0 bridgehead atoms. The molecule has 0 spiro atoms. The lowest BCUT2D eigenvalue weighted by molar-refractivity contribution is -0.351. The average Bonchev–Trinajstić information content (AvgIpc) is 3.15. The fraction of sp³-hybridized carbons (Fsp3) is 0.900. The Morgan fingerprint density at radius 2 is 1.21 bits per heavy atom. The molecule has 3 heterocycles. The maximum Gasteiger partial charge on any atom is 0.207 e. The van der Waals surface area contributed by atoms with Crippen molar-refractivity contribution in [3.63, 3.8) is 0 Å². The van der Waals surface area contributed by atoms with E-state index in [1.807, 2.05) is 0 Å². The first-order valence-electron chi connectivity index (χ1n) is 11.1. The maximum absolute atomic E-state index is 10.6. The highest BCUT2D eigenvalue weighted by atomic mass is 16.8. The Hall–Kier alpha value is -0.980. The Bertz CT molecular complexity index is 705. The molecule has 0 aromatic rings. The van der Waals surface area contributed by atoms with Gasteiger partial charge in [0, 0.05) is 12.3 Å². The normalized spacial score (nSPS) is 53.4. The molecular formula is C20H32O14. The van der Waals surface area contributed by atoms with Gasteiger partial charge < -0.3 is 69.6 Å². The Morgan fingerprint density at radius 3 is 1.74 bits per heavy atom. The lowest BCUT2D eigenvalue weighted by Crippen LogP contribution is -2.61. The van der Waals surface area contributed by atoms with Crippen LogP contribution in [0.15, 0.2) is 12.3 Å². The molecule has 4 aliphatic rings. The van der Waals surface area contributed by atoms with Crippen LogP contribution in [0.3, 0.4) is 0 Å². The first-order valence-corrected chi connectivity index (χ1v) is 11.1. The molecule has 3 aliphatic heterocycles. The van der Waals surface area contributed by atoms with Crippen LogP contribution in [0.4, 0.5) is 0 Å². The lowest BCUT2D eigenvalue weighted by atomic mass is 9.91. The molecule has 3 fully saturated rings. The van der Waals surface area contributed by atoms with Crippen molar-refractivity contribution in [3.8, 4) is 0 Å². The molecule has 9 N–H and O–H groups in total. The predicted molar refractivity (Wildman–Crippen MR) is 105 cm³/mol. The molecule has 0 amide bonds. The minimum Gasteiger partial charge on any atom is -0.472 e. The van der Waals surface area contributed by atoms with E-state index in [2.05, 4.69) is 0 Å². The average molecular weight is 496 g/mol. The smallest absolute Gasteiger partial charge is 0.207 e. The van der Waals surface area contributed by atoms with E-state index in [0.717, 1.165) is 0 Å². The van der Waals surface area contributed by atoms with Crippen LogP contribution in [0.25, 0.3) is 0 Å². The minimum atomic E-state index is -1.68. The summed E-state index contributed by atoms with van der Waals surface area (Å²) in [6, 6.07) is 0. The number of hydrogen-bond acceptors (Lipinski definition) is 14. The van der Waals surface area contributed by atoms with Gasteiger partial charge in [-0.2, -0.15) is 0 Å². The zero-order valence-corrected chi connectivity index (χ0v) is 18.0. The molecule has 0 aromatic heterocycles. The van der Waals surface area contributed by atoms with E-state index in [-0.39, 0.29) is 6.42 Å². The monoisotopic (exact) mass is 496 g/mol. The van der Waals surface area contributed by atoms with Gasteiger partial charge in [-0.15, -0.1) is 0 Å². The van der Waals surface area contributed by atoms with Gasteiger partial charge in [-0.05, 0) is 6.08 Å². The fourth-order valence-corrected chi connectivity index (χ4v) is 4.91. The van der Waals surface area contributed by atoms with Crippen LogP contribution in [0.1, 0.15) is 6.42 Å². The highest BCUT2D eigenvalue weighted by Gasteiger charge is 2.54. The number of aliphatic hydroxyl groups excluding tert-OH is 9. The van der Waals surface area contributed by atoms with Crippen LogP contribution in [0.2, 0.25) is 0 Å². The summed E-state index contributed by atoms with van der Waals surface area (Å²) in [6.45, 7) is -1.29. The van der Waals surface area contributed by atoms with E-state index >= 15 is 0 Å². The highest BCUT2D eigenvalue weighted by Crippen LogP contribution is 2.43. The zero-order chi connectivity index (χ0) is 24.7. The van der Waals surface area contributed by atoms with Gasteiger partial charge in [-0.3, -0.25) is 0 Å². The van der Waals surface area contributed by atoms with E-state index in [1.165, 1.54) is 6.26 Å². The fourth-order valence-electron chi connectivity index (χ4n) is 4.91. The third-order valence-electron chi connectivity index (χ3n) is 6.89. The number of rotatable bonds is 6. The quantitative estimate of drug-likeness (QED) is 0.168. The first-order chi connectivity index (χ1) is 16.2. The van der Waals surface area contributed by atoms with Gasteiger partial charge in [0.2, 0.25) is 6.29 Å². The molecule has 15 atom stereocenters. The second-order valence-electron chi connectivity index (χ2n) is 9.00. The summed E-state index contributed by atoms with van der Waals surface area (Å²) in [5.74, 6) is -1.28. The first kappa shape index (κ1) is 26.1. The Morgan fingerprint density at radius 1 is 0.676 bits per heavy atom. The number of hydrogen-bond donors (Lipinski definition) is 9. The summed E-state index contributed by atoms with van der Waals surface area (Å²) >= 11 is 0. The molecule has 0 radical (unpaired) electrons. The SMILES string of the molecule is OC[C@H]1O[C@H](O[C@H]2C[C@H](O)[C@@H]3C=CO[C@@H](O[C@@H]4O[C@H](CO)[C@@H](O)[C@H](O)[C@H]4O)[C@@H]32)[C@H](O)[C@@H](O)[C@H]1O. The molecule has 14 heteroatoms. The van der Waals surface area contributed by atoms with Crippen molar-refractivity contribution in [2.24, 2.45) is 11.8 Å². The third kappa shape index (κ3) is 4.71. The Kier molecular flexibility index (Phi) is 8.10. The topological polar surface area (TPSA) is 228 Å². The summed E-state index contributed by atoms with van der Waals surface area (Å²) in [4.78, 5) is 0. The van der Waals surface area contributed by atoms with E-state index in [9.17, 15) is 46.0 Å². The summed E-state index contributed by atoms with van der Waals surface area (Å²) in [5.41, 5.74) is 0. The molecular weight excluding hydrogens is 464 g/mol. The molecule has 14 nitrogen and oxygen atoms in total. The van der Waals surface area contributed by atoms with Crippen LogP contribution in [-0.4, -0.2) is 139 Å². The van der Waals surface area contributed by atoms with Gasteiger partial charge in [0.25, 0.3) is 0 Å². The van der Waals surface area contributed by atoms with Crippen molar-refractivity contribution in [1.29, 1.82) is 0 Å². The minimum absolute atomic E-state index is 0.0482. The van der Waals surface area contributed by atoms with Crippen LogP contribution >= 0.6 is 0 Å². The molecule has 4 rings (SSSR count). The van der Waals surface area contributed by atoms with Crippen LogP contribution < -0.4 is 0 Å². The largest absolute Gasteiger partial charge is 0.472 e. The number of ether oxygens (including phenoxy) is 5. The van der Waals surface area contributed by atoms with Crippen molar-refractivity contribution in [3.05, 3.63) is 12.3 Å². The van der Waals surface area contributed by atoms with Gasteiger partial charge in [0.15, 0.2) is 12.6 Å². The van der Waals surface area contributed by atoms with Crippen molar-refractivity contribution < 1.29 is 69.6 Å². The van der Waals surface area contributed by atoms with E-state index < -0.39 is 105 Å². The molecule has 1 aliphatic carbocycles. The van der Waals surface area contributed by atoms with Gasteiger partial charge in [-0.1, -0.05) is 0 Å². The zero-order valence-electron chi connectivity index (χ0n) is 18.0. The number of aliphatic hydroxyl groups is 9. The maximum atomic E-state index is 10.6. The molecule has 0 aromatic carbocycles. The third-order valence-corrected chi connectivity index (χ3v) is 6.89. The molecule has 2 saturated heterocycles. The van der Waals surface area contributed by atoms with Crippen molar-refractivity contribution in [1.82, 2.24) is 0 Å². The lowest BCUT2D eigenvalue weighted by Gasteiger charge is -2.44. The van der Waals surface area contributed by atoms with Crippen molar-refractivity contribution >= 4 is 0 Å². The predicted octanol–water partition coefficient (Wildman–Crippen LogP) is -5.14. The van der Waals surface area contributed by atoms with E-state index in [4.69, 9.17) is 23.7 Å². The van der Waals surface area contributed by atoms with Gasteiger partial charge in [-0.25, -0.2) is 0 Å². The van der Waals surface area contributed by atoms with Crippen LogP contribution in [0.5, 0.6) is 0 Å². The van der Waals surface area contributed by atoms with Crippen LogP contribution in [0, 0.1) is 11.8 Å². The van der Waals surface area contributed by atoms with E-state index in [1.54, 1.807) is 6.08 Å². The van der Waals surface area contributed by atoms with Gasteiger partial charge in [0.1, 0.15) is 48.8 Å². The van der Waals surface area contributed by atoms with Gasteiger partial charge >= 0.3 is 0 Å². The molecule has 0 unspecified atom stereocenters. The molecule has 34 heavy (non-hydrogen) atoms. The molecule has 1 saturated carbocycles. The van der Waals surface area contributed by atoms with Crippen molar-refractivity contribution in [2.75, 3.05) is 13.2 Å². The van der Waals surface area contributed by atoms with Crippen molar-refractivity contribution in [2.45, 2.75) is 86.3 Å². The highest BCUT2D eigenvalue weighted by molar-refractivity contribution is 5.06. The second kappa shape index (κ2) is 10.6. The Labute approximate surface area is 194 Å². The summed E-state index contributed by atoms with van der Waals surface area (Å²) in [6.07, 6.45) is -15.2. The number of fused-ring (bicyclic) bond motifs is 1. The standard InChI is InChI=1S/C20H32O14/c21-4-9-12(24)14(26)16(28)19(32-9)31-8-3-7(23)6-1-2-30-18(11(6)8)34-20-17(29)15(27)13(25)10(5-22)33-20/h1-2,6-29H,3-5H2/t6-,7-,8-,9+,10+,11-,12-,13+,14-,15-,16+,17+,18-,19-,20-/m0/s1. The van der Waals surface area contributed by atoms with Crippen LogP contribution in [-0.2, 0) is 23.7 Å².